The molecule has 0 aromatic heterocycles. The Balaban J connectivity index is 2.10. The van der Waals surface area contributed by atoms with Gasteiger partial charge in [-0.3, -0.25) is 5.43 Å². The molecule has 5 heteroatoms. The molecule has 0 saturated heterocycles. The third-order valence-corrected chi connectivity index (χ3v) is 2.57. The Morgan fingerprint density at radius 3 is 2.61 bits per heavy atom. The van der Waals surface area contributed by atoms with Crippen LogP contribution in [0.25, 0.3) is 0 Å². The number of hydrogen-bond acceptors (Lipinski definition) is 2. The minimum absolute atomic E-state index is 0.0969. The molecule has 2 aromatic rings. The molecule has 0 unspecified atom stereocenters. The van der Waals surface area contributed by atoms with Crippen LogP contribution in [0.15, 0.2) is 47.6 Å². The summed E-state index contributed by atoms with van der Waals surface area (Å²) < 4.78 is 25.9. The molecular weight excluding hydrogens is 258 g/mol. The molecule has 0 atom stereocenters. The fourth-order valence-corrected chi connectivity index (χ4v) is 1.52. The van der Waals surface area contributed by atoms with Crippen molar-refractivity contribution < 1.29 is 8.78 Å². The zero-order chi connectivity index (χ0) is 13.0. The molecule has 0 saturated carbocycles. The molecule has 2 aromatic carbocycles. The number of halogens is 3. The molecule has 2 nitrogen and oxygen atoms in total. The third kappa shape index (κ3) is 3.05. The summed E-state index contributed by atoms with van der Waals surface area (Å²) in [5.74, 6) is -1.33. The van der Waals surface area contributed by atoms with Gasteiger partial charge in [-0.2, -0.15) is 5.10 Å². The van der Waals surface area contributed by atoms with Crippen molar-refractivity contribution in [1.29, 1.82) is 0 Å². The Labute approximate surface area is 108 Å². The van der Waals surface area contributed by atoms with Crippen molar-refractivity contribution in [3.63, 3.8) is 0 Å². The topological polar surface area (TPSA) is 24.4 Å². The summed E-state index contributed by atoms with van der Waals surface area (Å²) >= 11 is 5.92. The van der Waals surface area contributed by atoms with Crippen LogP contribution in [0, 0.1) is 11.6 Å². The molecule has 0 aliphatic carbocycles. The average molecular weight is 267 g/mol. The number of hydrogen-bond donors (Lipinski definition) is 1. The van der Waals surface area contributed by atoms with Crippen molar-refractivity contribution in [1.82, 2.24) is 0 Å². The Morgan fingerprint density at radius 2 is 1.89 bits per heavy atom. The molecule has 2 rings (SSSR count). The molecule has 0 amide bonds. The number of anilines is 1. The molecule has 0 heterocycles. The summed E-state index contributed by atoms with van der Waals surface area (Å²) in [6.07, 6.45) is 1.46. The van der Waals surface area contributed by atoms with Crippen LogP contribution in [0.4, 0.5) is 14.5 Å². The quantitative estimate of drug-likeness (QED) is 0.657. The zero-order valence-electron chi connectivity index (χ0n) is 9.20. The molecule has 92 valence electrons. The Hall–Kier alpha value is -1.94. The van der Waals surface area contributed by atoms with Gasteiger partial charge in [0, 0.05) is 16.7 Å². The lowest BCUT2D eigenvalue weighted by molar-refractivity contribution is 0.585. The van der Waals surface area contributed by atoms with Gasteiger partial charge in [0.05, 0.1) is 11.9 Å². The van der Waals surface area contributed by atoms with Crippen molar-refractivity contribution in [2.45, 2.75) is 0 Å². The Bertz CT molecular complexity index is 585. The van der Waals surface area contributed by atoms with Gasteiger partial charge in [0.25, 0.3) is 0 Å². The predicted octanol–water partition coefficient (Wildman–Crippen LogP) is 4.06. The Morgan fingerprint density at radius 1 is 1.11 bits per heavy atom. The van der Waals surface area contributed by atoms with E-state index in [9.17, 15) is 8.78 Å². The van der Waals surface area contributed by atoms with E-state index < -0.39 is 11.6 Å². The van der Waals surface area contributed by atoms with Crippen LogP contribution in [0.2, 0.25) is 5.02 Å². The van der Waals surface area contributed by atoms with E-state index in [1.54, 1.807) is 18.2 Å². The van der Waals surface area contributed by atoms with Crippen LogP contribution < -0.4 is 5.43 Å². The van der Waals surface area contributed by atoms with E-state index in [0.29, 0.717) is 10.6 Å². The second-order valence-corrected chi connectivity index (χ2v) is 3.92. The van der Waals surface area contributed by atoms with Crippen LogP contribution in [0.5, 0.6) is 0 Å². The second kappa shape index (κ2) is 5.60. The highest BCUT2D eigenvalue weighted by Gasteiger charge is 2.01. The second-order valence-electron chi connectivity index (χ2n) is 3.52. The highest BCUT2D eigenvalue weighted by atomic mass is 35.5. The average Bonchev–Trinajstić information content (AvgIpc) is 2.34. The van der Waals surface area contributed by atoms with Crippen molar-refractivity contribution in [2.24, 2.45) is 5.10 Å². The van der Waals surface area contributed by atoms with Crippen LogP contribution >= 0.6 is 11.6 Å². The highest BCUT2D eigenvalue weighted by molar-refractivity contribution is 6.33. The molecule has 0 bridgehead atoms. The number of hydrazone groups is 1. The normalized spacial score (nSPS) is 10.8. The van der Waals surface area contributed by atoms with E-state index in [0.717, 1.165) is 12.1 Å². The molecule has 0 radical (unpaired) electrons. The molecular formula is C13H9ClF2N2. The lowest BCUT2D eigenvalue weighted by Crippen LogP contribution is -1.94. The summed E-state index contributed by atoms with van der Waals surface area (Å²) in [7, 11) is 0. The SMILES string of the molecule is Fc1ccc(N/N=C\c2ccccc2Cl)c(F)c1. The number of rotatable bonds is 3. The maximum Gasteiger partial charge on any atom is 0.151 e. The lowest BCUT2D eigenvalue weighted by atomic mass is 10.2. The first-order valence-corrected chi connectivity index (χ1v) is 5.53. The number of nitrogens with zero attached hydrogens (tertiary/aromatic N) is 1. The van der Waals surface area contributed by atoms with Crippen molar-refractivity contribution in [3.8, 4) is 0 Å². The molecule has 1 N–H and O–H groups in total. The fourth-order valence-electron chi connectivity index (χ4n) is 1.33. The summed E-state index contributed by atoms with van der Waals surface area (Å²) in [5, 5.41) is 4.39. The van der Waals surface area contributed by atoms with Crippen LogP contribution in [0.1, 0.15) is 5.56 Å². The van der Waals surface area contributed by atoms with Gasteiger partial charge < -0.3 is 0 Å². The third-order valence-electron chi connectivity index (χ3n) is 2.22. The van der Waals surface area contributed by atoms with Crippen LogP contribution in [-0.2, 0) is 0 Å². The maximum absolute atomic E-state index is 13.3. The summed E-state index contributed by atoms with van der Waals surface area (Å²) in [6.45, 7) is 0. The largest absolute Gasteiger partial charge is 0.276 e. The van der Waals surface area contributed by atoms with E-state index in [4.69, 9.17) is 11.6 Å². The van der Waals surface area contributed by atoms with Crippen LogP contribution in [-0.4, -0.2) is 6.21 Å². The number of benzene rings is 2. The monoisotopic (exact) mass is 266 g/mol. The first-order valence-electron chi connectivity index (χ1n) is 5.15. The first kappa shape index (κ1) is 12.5. The van der Waals surface area contributed by atoms with Gasteiger partial charge >= 0.3 is 0 Å². The smallest absolute Gasteiger partial charge is 0.151 e. The fraction of sp³-hybridized carbons (Fsp3) is 0. The van der Waals surface area contributed by atoms with Crippen molar-refractivity contribution in [3.05, 3.63) is 64.7 Å². The maximum atomic E-state index is 13.3. The van der Waals surface area contributed by atoms with E-state index in [2.05, 4.69) is 10.5 Å². The summed E-state index contributed by atoms with van der Waals surface area (Å²) in [6, 6.07) is 10.3. The van der Waals surface area contributed by atoms with Gasteiger partial charge in [-0.25, -0.2) is 8.78 Å². The van der Waals surface area contributed by atoms with Gasteiger partial charge in [0.15, 0.2) is 5.82 Å². The zero-order valence-corrected chi connectivity index (χ0v) is 9.96. The number of nitrogens with one attached hydrogen (secondary N) is 1. The van der Waals surface area contributed by atoms with Crippen molar-refractivity contribution in [2.75, 3.05) is 5.43 Å². The van der Waals surface area contributed by atoms with Crippen molar-refractivity contribution >= 4 is 23.5 Å². The predicted molar refractivity (Wildman–Crippen MR) is 69.0 cm³/mol. The minimum Gasteiger partial charge on any atom is -0.276 e. The van der Waals surface area contributed by atoms with E-state index in [1.165, 1.54) is 12.3 Å². The highest BCUT2D eigenvalue weighted by Crippen LogP contribution is 2.15. The minimum atomic E-state index is -0.702. The van der Waals surface area contributed by atoms with E-state index >= 15 is 0 Å². The van der Waals surface area contributed by atoms with Gasteiger partial charge in [-0.05, 0) is 18.2 Å². The van der Waals surface area contributed by atoms with Gasteiger partial charge in [-0.1, -0.05) is 29.8 Å². The summed E-state index contributed by atoms with van der Waals surface area (Å²) in [4.78, 5) is 0. The van der Waals surface area contributed by atoms with E-state index in [-0.39, 0.29) is 5.69 Å². The Kier molecular flexibility index (Phi) is 3.89. The van der Waals surface area contributed by atoms with Gasteiger partial charge in [0.2, 0.25) is 0 Å². The van der Waals surface area contributed by atoms with Crippen LogP contribution in [0.3, 0.4) is 0 Å². The summed E-state index contributed by atoms with van der Waals surface area (Å²) in [5.41, 5.74) is 3.28. The van der Waals surface area contributed by atoms with Gasteiger partial charge in [0.1, 0.15) is 5.82 Å². The molecule has 18 heavy (non-hydrogen) atoms. The standard InChI is InChI=1S/C13H9ClF2N2/c14-11-4-2-1-3-9(11)8-17-18-13-6-5-10(15)7-12(13)16/h1-8,18H/b17-8-. The molecule has 0 spiro atoms. The van der Waals surface area contributed by atoms with Gasteiger partial charge in [-0.15, -0.1) is 0 Å². The first-order chi connectivity index (χ1) is 8.66. The molecule has 0 fully saturated rings. The lowest BCUT2D eigenvalue weighted by Gasteiger charge is -2.02. The van der Waals surface area contributed by atoms with E-state index in [1.807, 2.05) is 6.07 Å². The molecule has 0 aliphatic rings. The molecule has 0 aliphatic heterocycles.